The van der Waals surface area contributed by atoms with Crippen LogP contribution in [0.2, 0.25) is 0 Å². The monoisotopic (exact) mass is 392 g/mol. The molecule has 0 fully saturated rings. The summed E-state index contributed by atoms with van der Waals surface area (Å²) in [4.78, 5) is 12.2. The standard InChI is InChI=1S/C25H32N2O2/c28-25(26-18-17-22-12-5-2-6-13-22)20-27-23-15-7-8-16-24(23)29-19-9-14-21-10-3-1-4-11-21/h1,3-4,7-8,10-12,15-16,27H,2,5-6,9,13-14,17-20H2,(H,26,28). The van der Waals surface area contributed by atoms with Crippen LogP contribution in [-0.2, 0) is 11.2 Å². The Bertz CT molecular complexity index is 786. The predicted octanol–water partition coefficient (Wildman–Crippen LogP) is 5.12. The number of carbonyl (C=O) groups is 1. The van der Waals surface area contributed by atoms with Crippen LogP contribution in [0, 0.1) is 0 Å². The smallest absolute Gasteiger partial charge is 0.239 e. The van der Waals surface area contributed by atoms with E-state index in [0.29, 0.717) is 13.2 Å². The zero-order chi connectivity index (χ0) is 20.2. The highest BCUT2D eigenvalue weighted by Crippen LogP contribution is 2.24. The van der Waals surface area contributed by atoms with Crippen LogP contribution in [0.5, 0.6) is 5.75 Å². The largest absolute Gasteiger partial charge is 0.491 e. The molecule has 29 heavy (non-hydrogen) atoms. The lowest BCUT2D eigenvalue weighted by molar-refractivity contribution is -0.119. The molecule has 0 unspecified atom stereocenters. The molecule has 0 aliphatic heterocycles. The molecule has 1 amide bonds. The minimum Gasteiger partial charge on any atom is -0.491 e. The van der Waals surface area contributed by atoms with Crippen LogP contribution < -0.4 is 15.4 Å². The molecule has 0 bridgehead atoms. The molecule has 0 saturated carbocycles. The van der Waals surface area contributed by atoms with Gasteiger partial charge < -0.3 is 15.4 Å². The average molecular weight is 393 g/mol. The molecule has 0 spiro atoms. The van der Waals surface area contributed by atoms with Gasteiger partial charge >= 0.3 is 0 Å². The molecule has 4 nitrogen and oxygen atoms in total. The topological polar surface area (TPSA) is 50.4 Å². The van der Waals surface area contributed by atoms with E-state index in [1.807, 2.05) is 30.3 Å². The molecule has 0 radical (unpaired) electrons. The van der Waals surface area contributed by atoms with Crippen molar-refractivity contribution in [3.63, 3.8) is 0 Å². The zero-order valence-corrected chi connectivity index (χ0v) is 17.2. The van der Waals surface area contributed by atoms with Gasteiger partial charge in [-0.05, 0) is 62.6 Å². The second-order valence-corrected chi connectivity index (χ2v) is 7.50. The number of rotatable bonds is 11. The molecule has 0 heterocycles. The molecule has 0 atom stereocenters. The Labute approximate surface area is 174 Å². The predicted molar refractivity (Wildman–Crippen MR) is 119 cm³/mol. The van der Waals surface area contributed by atoms with E-state index in [1.165, 1.54) is 36.8 Å². The lowest BCUT2D eigenvalue weighted by Gasteiger charge is -2.14. The summed E-state index contributed by atoms with van der Waals surface area (Å²) in [6.45, 7) is 1.61. The van der Waals surface area contributed by atoms with E-state index in [4.69, 9.17) is 4.74 Å². The Balaban J connectivity index is 1.36. The lowest BCUT2D eigenvalue weighted by Crippen LogP contribution is -2.31. The number of hydrogen-bond acceptors (Lipinski definition) is 3. The average Bonchev–Trinajstić information content (AvgIpc) is 2.77. The Hall–Kier alpha value is -2.75. The second-order valence-electron chi connectivity index (χ2n) is 7.50. The van der Waals surface area contributed by atoms with Gasteiger partial charge in [-0.3, -0.25) is 4.79 Å². The van der Waals surface area contributed by atoms with E-state index >= 15 is 0 Å². The first kappa shape index (κ1) is 21.0. The van der Waals surface area contributed by atoms with E-state index in [2.05, 4.69) is 41.0 Å². The molecular weight excluding hydrogens is 360 g/mol. The lowest BCUT2D eigenvalue weighted by atomic mass is 9.97. The number of para-hydroxylation sites is 2. The first-order valence-electron chi connectivity index (χ1n) is 10.8. The number of hydrogen-bond donors (Lipinski definition) is 2. The Morgan fingerprint density at radius 2 is 1.79 bits per heavy atom. The van der Waals surface area contributed by atoms with Gasteiger partial charge in [0.05, 0.1) is 18.8 Å². The molecule has 0 saturated heterocycles. The van der Waals surface area contributed by atoms with Crippen molar-refractivity contribution < 1.29 is 9.53 Å². The van der Waals surface area contributed by atoms with Crippen LogP contribution in [0.15, 0.2) is 66.2 Å². The minimum atomic E-state index is 0.0142. The Kier molecular flexibility index (Phi) is 8.64. The van der Waals surface area contributed by atoms with Crippen LogP contribution in [0.4, 0.5) is 5.69 Å². The van der Waals surface area contributed by atoms with Crippen molar-refractivity contribution in [2.24, 2.45) is 0 Å². The highest BCUT2D eigenvalue weighted by atomic mass is 16.5. The van der Waals surface area contributed by atoms with Crippen LogP contribution in [0.3, 0.4) is 0 Å². The maximum atomic E-state index is 12.2. The van der Waals surface area contributed by atoms with Crippen LogP contribution >= 0.6 is 0 Å². The van der Waals surface area contributed by atoms with Crippen molar-refractivity contribution in [1.82, 2.24) is 5.32 Å². The molecule has 2 aromatic rings. The van der Waals surface area contributed by atoms with Crippen molar-refractivity contribution in [1.29, 1.82) is 0 Å². The van der Waals surface area contributed by atoms with E-state index in [-0.39, 0.29) is 12.5 Å². The molecule has 1 aliphatic carbocycles. The SMILES string of the molecule is O=C(CNc1ccccc1OCCCc1ccccc1)NCCC1=CCCCC1. The molecule has 4 heteroatoms. The molecule has 2 aromatic carbocycles. The van der Waals surface area contributed by atoms with E-state index in [0.717, 1.165) is 30.7 Å². The number of anilines is 1. The highest BCUT2D eigenvalue weighted by Gasteiger charge is 2.07. The summed E-state index contributed by atoms with van der Waals surface area (Å²) in [5, 5.41) is 6.22. The van der Waals surface area contributed by atoms with Crippen molar-refractivity contribution >= 4 is 11.6 Å². The van der Waals surface area contributed by atoms with Crippen molar-refractivity contribution in [3.8, 4) is 5.75 Å². The summed E-state index contributed by atoms with van der Waals surface area (Å²) in [6.07, 6.45) is 10.2. The number of ether oxygens (including phenoxy) is 1. The van der Waals surface area contributed by atoms with Crippen molar-refractivity contribution in [3.05, 3.63) is 71.8 Å². The highest BCUT2D eigenvalue weighted by molar-refractivity contribution is 5.81. The van der Waals surface area contributed by atoms with E-state index < -0.39 is 0 Å². The molecular formula is C25H32N2O2. The van der Waals surface area contributed by atoms with Crippen molar-refractivity contribution in [2.75, 3.05) is 25.0 Å². The molecule has 0 aromatic heterocycles. The number of aryl methyl sites for hydroxylation is 1. The molecule has 154 valence electrons. The fourth-order valence-corrected chi connectivity index (χ4v) is 3.57. The third-order valence-electron chi connectivity index (χ3n) is 5.19. The van der Waals surface area contributed by atoms with Crippen LogP contribution in [-0.4, -0.2) is 25.6 Å². The van der Waals surface area contributed by atoms with Gasteiger partial charge in [-0.2, -0.15) is 0 Å². The third-order valence-corrected chi connectivity index (χ3v) is 5.19. The maximum absolute atomic E-state index is 12.2. The molecule has 2 N–H and O–H groups in total. The van der Waals surface area contributed by atoms with Gasteiger partial charge in [0.2, 0.25) is 5.91 Å². The van der Waals surface area contributed by atoms with Gasteiger partial charge in [-0.1, -0.05) is 54.1 Å². The minimum absolute atomic E-state index is 0.0142. The maximum Gasteiger partial charge on any atom is 0.239 e. The summed E-state index contributed by atoms with van der Waals surface area (Å²) in [7, 11) is 0. The first-order chi connectivity index (χ1) is 14.3. The van der Waals surface area contributed by atoms with Gasteiger partial charge in [0.15, 0.2) is 0 Å². The summed E-state index contributed by atoms with van der Waals surface area (Å²) >= 11 is 0. The van der Waals surface area contributed by atoms with Gasteiger partial charge in [0.1, 0.15) is 5.75 Å². The summed E-state index contributed by atoms with van der Waals surface area (Å²) in [5.74, 6) is 0.806. The first-order valence-corrected chi connectivity index (χ1v) is 10.8. The zero-order valence-electron chi connectivity index (χ0n) is 17.2. The quantitative estimate of drug-likeness (QED) is 0.412. The molecule has 3 rings (SSSR count). The summed E-state index contributed by atoms with van der Waals surface area (Å²) < 4.78 is 5.95. The molecule has 1 aliphatic rings. The Morgan fingerprint density at radius 3 is 2.62 bits per heavy atom. The van der Waals surface area contributed by atoms with Gasteiger partial charge in [0.25, 0.3) is 0 Å². The summed E-state index contributed by atoms with van der Waals surface area (Å²) in [6, 6.07) is 18.2. The fraction of sp³-hybridized carbons (Fsp3) is 0.400. The van der Waals surface area contributed by atoms with Crippen molar-refractivity contribution in [2.45, 2.75) is 44.9 Å². The van der Waals surface area contributed by atoms with E-state index in [9.17, 15) is 4.79 Å². The number of allylic oxidation sites excluding steroid dienone is 1. The van der Waals surface area contributed by atoms with Crippen LogP contribution in [0.25, 0.3) is 0 Å². The number of nitrogens with one attached hydrogen (secondary N) is 2. The van der Waals surface area contributed by atoms with E-state index in [1.54, 1.807) is 0 Å². The second kappa shape index (κ2) is 11.9. The summed E-state index contributed by atoms with van der Waals surface area (Å²) in [5.41, 5.74) is 3.67. The number of amides is 1. The van der Waals surface area contributed by atoms with Crippen LogP contribution in [0.1, 0.15) is 44.1 Å². The Morgan fingerprint density at radius 1 is 0.966 bits per heavy atom. The fourth-order valence-electron chi connectivity index (χ4n) is 3.57. The normalized spacial score (nSPS) is 13.4. The number of benzene rings is 2. The number of carbonyl (C=O) groups excluding carboxylic acids is 1. The van der Waals surface area contributed by atoms with Gasteiger partial charge in [-0.25, -0.2) is 0 Å². The van der Waals surface area contributed by atoms with Gasteiger partial charge in [0, 0.05) is 6.54 Å². The third kappa shape index (κ3) is 7.65. The van der Waals surface area contributed by atoms with Gasteiger partial charge in [-0.15, -0.1) is 0 Å².